The van der Waals surface area contributed by atoms with Gasteiger partial charge < -0.3 is 14.8 Å². The molecule has 0 radical (unpaired) electrons. The van der Waals surface area contributed by atoms with Gasteiger partial charge in [-0.05, 0) is 38.9 Å². The average molecular weight is 667 g/mol. The van der Waals surface area contributed by atoms with Gasteiger partial charge in [-0.3, -0.25) is 14.5 Å². The van der Waals surface area contributed by atoms with Crippen molar-refractivity contribution in [3.8, 4) is 0 Å². The minimum atomic E-state index is -4.63. The highest BCUT2D eigenvalue weighted by molar-refractivity contribution is 8.01. The molecule has 2 amide bonds. The Morgan fingerprint density at radius 2 is 1.77 bits per heavy atom. The molecular formula is C27H25F3N6O5S3. The van der Waals surface area contributed by atoms with Crippen LogP contribution in [0.15, 0.2) is 77.1 Å². The van der Waals surface area contributed by atoms with E-state index in [9.17, 15) is 27.6 Å². The zero-order valence-electron chi connectivity index (χ0n) is 23.2. The van der Waals surface area contributed by atoms with E-state index in [2.05, 4.69) is 20.8 Å². The Balaban J connectivity index is 1.46. The topological polar surface area (TPSA) is 129 Å². The fraction of sp³-hybridized carbons (Fsp3) is 0.333. The lowest BCUT2D eigenvalue weighted by atomic mass is 9.98. The van der Waals surface area contributed by atoms with Crippen LogP contribution >= 0.6 is 35.3 Å². The van der Waals surface area contributed by atoms with Crippen molar-refractivity contribution in [3.05, 3.63) is 83.1 Å². The number of esters is 1. The molecule has 3 heterocycles. The van der Waals surface area contributed by atoms with Crippen molar-refractivity contribution < 1.29 is 37.0 Å². The van der Waals surface area contributed by atoms with Crippen LogP contribution < -0.4 is 5.32 Å². The number of hydrogen-bond donors (Lipinski definition) is 1. The van der Waals surface area contributed by atoms with Gasteiger partial charge in [0.2, 0.25) is 11.1 Å². The number of aromatic nitrogens is 4. The quantitative estimate of drug-likeness (QED) is 0.140. The number of ether oxygens (including phenoxy) is 2. The van der Waals surface area contributed by atoms with Gasteiger partial charge >= 0.3 is 11.5 Å². The highest BCUT2D eigenvalue weighted by Gasteiger charge is 2.66. The summed E-state index contributed by atoms with van der Waals surface area (Å²) in [4.78, 5) is 41.4. The summed E-state index contributed by atoms with van der Waals surface area (Å²) in [7, 11) is 2.83. The van der Waals surface area contributed by atoms with Crippen LogP contribution in [-0.2, 0) is 30.9 Å². The molecule has 0 saturated carbocycles. The van der Waals surface area contributed by atoms with Gasteiger partial charge in [0.25, 0.3) is 11.6 Å². The number of rotatable bonds is 11. The first-order valence-electron chi connectivity index (χ1n) is 12.9. The molecule has 0 spiro atoms. The van der Waals surface area contributed by atoms with Gasteiger partial charge in [0.1, 0.15) is 11.1 Å². The molecule has 3 aromatic rings. The third kappa shape index (κ3) is 6.60. The predicted molar refractivity (Wildman–Crippen MR) is 157 cm³/mol. The van der Waals surface area contributed by atoms with Crippen molar-refractivity contribution in [2.24, 2.45) is 7.05 Å². The molecule has 1 aromatic heterocycles. The number of alkyl halides is 3. The van der Waals surface area contributed by atoms with Gasteiger partial charge in [-0.1, -0.05) is 72.4 Å². The maximum absolute atomic E-state index is 14.1. The van der Waals surface area contributed by atoms with E-state index in [4.69, 9.17) is 9.47 Å². The zero-order valence-corrected chi connectivity index (χ0v) is 25.6. The molecule has 44 heavy (non-hydrogen) atoms. The van der Waals surface area contributed by atoms with Crippen LogP contribution in [0, 0.1) is 0 Å². The maximum Gasteiger partial charge on any atom is 0.442 e. The Morgan fingerprint density at radius 1 is 1.14 bits per heavy atom. The highest BCUT2D eigenvalue weighted by Crippen LogP contribution is 2.48. The second-order valence-electron chi connectivity index (χ2n) is 9.49. The number of halogens is 3. The number of tetrazole rings is 1. The molecule has 2 aliphatic heterocycles. The summed E-state index contributed by atoms with van der Waals surface area (Å²) in [6.45, 7) is 0. The van der Waals surface area contributed by atoms with E-state index in [1.807, 2.05) is 60.7 Å². The number of nitrogens with one attached hydrogen (secondary N) is 1. The molecule has 1 fully saturated rings. The molecule has 2 aliphatic rings. The third-order valence-electron chi connectivity index (χ3n) is 6.70. The smallest absolute Gasteiger partial charge is 0.442 e. The highest BCUT2D eigenvalue weighted by atomic mass is 32.2. The van der Waals surface area contributed by atoms with Crippen molar-refractivity contribution in [2.75, 3.05) is 24.4 Å². The number of carbonyl (C=O) groups is 3. The Hall–Kier alpha value is -3.54. The first kappa shape index (κ1) is 31.9. The molecule has 0 aliphatic carbocycles. The van der Waals surface area contributed by atoms with Crippen molar-refractivity contribution in [3.63, 3.8) is 0 Å². The first-order valence-corrected chi connectivity index (χ1v) is 16.0. The molecule has 0 bridgehead atoms. The van der Waals surface area contributed by atoms with Crippen molar-refractivity contribution in [1.82, 2.24) is 30.4 Å². The van der Waals surface area contributed by atoms with Crippen LogP contribution in [0.1, 0.15) is 17.2 Å². The summed E-state index contributed by atoms with van der Waals surface area (Å²) in [5.41, 5.74) is -4.70. The van der Waals surface area contributed by atoms with E-state index in [1.54, 1.807) is 7.05 Å². The zero-order chi connectivity index (χ0) is 31.5. The van der Waals surface area contributed by atoms with Gasteiger partial charge in [-0.15, -0.1) is 16.9 Å². The maximum atomic E-state index is 14.1. The molecule has 2 atom stereocenters. The molecule has 1 saturated heterocycles. The molecule has 0 unspecified atom stereocenters. The van der Waals surface area contributed by atoms with E-state index in [-0.39, 0.29) is 17.2 Å². The van der Waals surface area contributed by atoms with Crippen molar-refractivity contribution in [1.29, 1.82) is 0 Å². The largest absolute Gasteiger partial charge is 0.448 e. The minimum absolute atomic E-state index is 0.0372. The van der Waals surface area contributed by atoms with Crippen molar-refractivity contribution >= 4 is 53.1 Å². The number of amides is 2. The van der Waals surface area contributed by atoms with Crippen LogP contribution in [-0.4, -0.2) is 83.9 Å². The predicted octanol–water partition coefficient (Wildman–Crippen LogP) is 3.52. The average Bonchev–Trinajstić information content (AvgIpc) is 3.44. The van der Waals surface area contributed by atoms with Crippen LogP contribution in [0.4, 0.5) is 13.2 Å². The third-order valence-corrected chi connectivity index (χ3v) is 9.91. The number of nitrogens with zero attached hydrogens (tertiary/aromatic N) is 5. The SMILES string of the molecule is CO[C@@]1(NC(=O)CSC(F)(F)F)C(=O)N2C(C(=O)OC(c3ccccc3)c3ccccc3)=C(CSc3nnnn3C)CS[C@H]21. The number of β-lactam (4-membered cyclic amide) rings is 1. The summed E-state index contributed by atoms with van der Waals surface area (Å²) in [6.07, 6.45) is -0.815. The van der Waals surface area contributed by atoms with E-state index < -0.39 is 58.0 Å². The van der Waals surface area contributed by atoms with E-state index in [0.717, 1.165) is 0 Å². The van der Waals surface area contributed by atoms with E-state index in [0.29, 0.717) is 21.9 Å². The number of benzene rings is 2. The lowest BCUT2D eigenvalue weighted by molar-refractivity contribution is -0.192. The molecule has 17 heteroatoms. The summed E-state index contributed by atoms with van der Waals surface area (Å²) in [5, 5.41) is 13.2. The number of thioether (sulfide) groups is 3. The monoisotopic (exact) mass is 666 g/mol. The van der Waals surface area contributed by atoms with Gasteiger partial charge in [-0.25, -0.2) is 9.48 Å². The van der Waals surface area contributed by atoms with Gasteiger partial charge in [0, 0.05) is 25.7 Å². The van der Waals surface area contributed by atoms with E-state index in [1.165, 1.54) is 40.2 Å². The number of hydrogen-bond acceptors (Lipinski definition) is 11. The molecule has 232 valence electrons. The summed E-state index contributed by atoms with van der Waals surface area (Å²) >= 11 is 1.91. The summed E-state index contributed by atoms with van der Waals surface area (Å²) < 4.78 is 51.1. The molecule has 11 nitrogen and oxygen atoms in total. The summed E-state index contributed by atoms with van der Waals surface area (Å²) in [6, 6.07) is 18.2. The fourth-order valence-corrected chi connectivity index (χ4v) is 7.47. The lowest BCUT2D eigenvalue weighted by Gasteiger charge is -2.56. The van der Waals surface area contributed by atoms with Crippen LogP contribution in [0.25, 0.3) is 0 Å². The Kier molecular flexibility index (Phi) is 9.57. The second-order valence-corrected chi connectivity index (χ2v) is 12.5. The van der Waals surface area contributed by atoms with Gasteiger partial charge in [-0.2, -0.15) is 13.2 Å². The van der Waals surface area contributed by atoms with Crippen LogP contribution in [0.5, 0.6) is 0 Å². The number of aryl methyl sites for hydroxylation is 1. The Labute approximate surface area is 262 Å². The molecule has 5 rings (SSSR count). The molecular weight excluding hydrogens is 642 g/mol. The lowest BCUT2D eigenvalue weighted by Crippen LogP contribution is -2.80. The Morgan fingerprint density at radius 3 is 2.32 bits per heavy atom. The van der Waals surface area contributed by atoms with Gasteiger partial charge in [0.15, 0.2) is 6.10 Å². The number of carbonyl (C=O) groups excluding carboxylic acids is 3. The normalized spacial score (nSPS) is 19.9. The van der Waals surface area contributed by atoms with Crippen LogP contribution in [0.3, 0.4) is 0 Å². The minimum Gasteiger partial charge on any atom is -0.448 e. The van der Waals surface area contributed by atoms with E-state index >= 15 is 0 Å². The molecule has 1 N–H and O–H groups in total. The fourth-order valence-electron chi connectivity index (χ4n) is 4.68. The number of methoxy groups -OCH3 is 1. The Bertz CT molecular complexity index is 1520. The van der Waals surface area contributed by atoms with Crippen molar-refractivity contribution in [2.45, 2.75) is 27.9 Å². The standard InChI is InChI=1S/C27H25F3N6O5S3/c1-35-25(32-33-34-35)43-14-18-13-42-24-26(40-2,31-19(37)15-44-27(28,29)30)23(39)36(24)20(18)22(38)41-21(16-9-5-3-6-10-16)17-11-7-4-8-12-17/h3-12,21,24H,13-15H2,1-2H3,(H,31,37)/t24-,26-/m0/s1. The van der Waals surface area contributed by atoms with Crippen LogP contribution in [0.2, 0.25) is 0 Å². The number of fused-ring (bicyclic) bond motifs is 1. The molecule has 2 aromatic carbocycles. The van der Waals surface area contributed by atoms with Gasteiger partial charge in [0.05, 0.1) is 5.75 Å². The summed E-state index contributed by atoms with van der Waals surface area (Å²) in [5.74, 6) is -3.17. The first-order chi connectivity index (χ1) is 21.0. The second kappa shape index (κ2) is 13.2.